The zero-order valence-corrected chi connectivity index (χ0v) is 17.9. The van der Waals surface area contributed by atoms with E-state index in [0.717, 1.165) is 48.1 Å². The molecule has 0 saturated heterocycles. The fraction of sp³-hybridized carbons (Fsp3) is 0.286. The maximum absolute atomic E-state index is 13.3. The lowest BCUT2D eigenvalue weighted by Gasteiger charge is -2.14. The molecule has 4 rings (SSSR count). The fourth-order valence-corrected chi connectivity index (χ4v) is 4.02. The van der Waals surface area contributed by atoms with Gasteiger partial charge in [-0.05, 0) is 24.5 Å². The average Bonchev–Trinajstić information content (AvgIpc) is 3.54. The third-order valence-corrected chi connectivity index (χ3v) is 5.96. The first-order chi connectivity index (χ1) is 15.7. The van der Waals surface area contributed by atoms with Gasteiger partial charge in [0.05, 0.1) is 28.5 Å². The van der Waals surface area contributed by atoms with Crippen LogP contribution in [0.1, 0.15) is 35.7 Å². The van der Waals surface area contributed by atoms with Crippen LogP contribution in [-0.4, -0.2) is 31.3 Å². The largest absolute Gasteiger partial charge is 0.418 e. The van der Waals surface area contributed by atoms with E-state index in [4.69, 9.17) is 0 Å². The maximum atomic E-state index is 13.3. The van der Waals surface area contributed by atoms with Crippen LogP contribution >= 0.6 is 11.8 Å². The predicted octanol–water partition coefficient (Wildman–Crippen LogP) is 4.86. The van der Waals surface area contributed by atoms with E-state index in [2.05, 4.69) is 15.5 Å². The minimum Gasteiger partial charge on any atom is -0.325 e. The first kappa shape index (κ1) is 22.8. The summed E-state index contributed by atoms with van der Waals surface area (Å²) in [6, 6.07) is 11.9. The van der Waals surface area contributed by atoms with Gasteiger partial charge >= 0.3 is 6.18 Å². The van der Waals surface area contributed by atoms with E-state index in [-0.39, 0.29) is 5.75 Å². The highest BCUT2D eigenvalue weighted by Gasteiger charge is 2.36. The fourth-order valence-electron chi connectivity index (χ4n) is 3.27. The molecule has 1 N–H and O–H groups in total. The number of hydrogen-bond donors (Lipinski definition) is 1. The van der Waals surface area contributed by atoms with Crippen molar-refractivity contribution in [2.45, 2.75) is 36.6 Å². The molecule has 2 aromatic carbocycles. The molecule has 1 aliphatic carbocycles. The zero-order chi connectivity index (χ0) is 23.6. The van der Waals surface area contributed by atoms with E-state index in [0.29, 0.717) is 23.7 Å². The summed E-state index contributed by atoms with van der Waals surface area (Å²) in [5.41, 5.74) is -1.50. The van der Waals surface area contributed by atoms with Crippen molar-refractivity contribution in [3.63, 3.8) is 0 Å². The number of amides is 1. The molecule has 3 aromatic rings. The molecule has 1 aliphatic rings. The van der Waals surface area contributed by atoms with Crippen molar-refractivity contribution in [1.29, 1.82) is 0 Å². The number of nitrogens with one attached hydrogen (secondary N) is 1. The van der Waals surface area contributed by atoms with Crippen molar-refractivity contribution < 1.29 is 22.9 Å². The summed E-state index contributed by atoms with van der Waals surface area (Å²) in [7, 11) is 0. The molecule has 0 bridgehead atoms. The number of aromatic nitrogens is 3. The number of halogens is 3. The lowest BCUT2D eigenvalue weighted by Crippen LogP contribution is -2.18. The van der Waals surface area contributed by atoms with Gasteiger partial charge in [-0.1, -0.05) is 42.1 Å². The van der Waals surface area contributed by atoms with Crippen molar-refractivity contribution in [1.82, 2.24) is 14.8 Å². The lowest BCUT2D eigenvalue weighted by atomic mass is 10.1. The van der Waals surface area contributed by atoms with Gasteiger partial charge in [0.25, 0.3) is 5.69 Å². The number of nitro groups is 1. The summed E-state index contributed by atoms with van der Waals surface area (Å²) in [5.74, 6) is 0.253. The zero-order valence-electron chi connectivity index (χ0n) is 17.1. The molecule has 1 aromatic heterocycles. The van der Waals surface area contributed by atoms with Crippen LogP contribution in [0.2, 0.25) is 0 Å². The highest BCUT2D eigenvalue weighted by molar-refractivity contribution is 7.99. The van der Waals surface area contributed by atoms with Crippen LogP contribution in [-0.2, 0) is 17.5 Å². The van der Waals surface area contributed by atoms with Crippen molar-refractivity contribution in [3.8, 4) is 0 Å². The van der Waals surface area contributed by atoms with Gasteiger partial charge in [-0.25, -0.2) is 0 Å². The normalized spacial score (nSPS) is 13.7. The van der Waals surface area contributed by atoms with Crippen LogP contribution in [0.25, 0.3) is 0 Å². The molecule has 1 amide bonds. The quantitative estimate of drug-likeness (QED) is 0.282. The Morgan fingerprint density at radius 3 is 2.55 bits per heavy atom. The molecule has 0 unspecified atom stereocenters. The molecular formula is C21H18F3N5O3S. The topological polar surface area (TPSA) is 103 Å². The maximum Gasteiger partial charge on any atom is 0.418 e. The van der Waals surface area contributed by atoms with E-state index < -0.39 is 33.9 Å². The molecule has 1 saturated carbocycles. The van der Waals surface area contributed by atoms with Crippen LogP contribution in [0.3, 0.4) is 0 Å². The molecule has 0 radical (unpaired) electrons. The third-order valence-electron chi connectivity index (χ3n) is 5.00. The van der Waals surface area contributed by atoms with Gasteiger partial charge in [0.1, 0.15) is 5.82 Å². The Balaban J connectivity index is 1.48. The van der Waals surface area contributed by atoms with Crippen molar-refractivity contribution >= 4 is 29.0 Å². The standard InChI is InChI=1S/C21H18F3N5O3S/c22-21(23,24)16-10-15(29(31)32)8-9-17(16)25-18(30)12-33-20-27-26-19(14-6-7-14)28(20)11-13-4-2-1-3-5-13/h1-5,8-10,14H,6-7,11-12H2,(H,25,30). The average molecular weight is 477 g/mol. The second-order valence-electron chi connectivity index (χ2n) is 7.51. The van der Waals surface area contributed by atoms with E-state index in [1.54, 1.807) is 0 Å². The summed E-state index contributed by atoms with van der Waals surface area (Å²) in [5, 5.41) is 22.0. The van der Waals surface area contributed by atoms with E-state index in [9.17, 15) is 28.1 Å². The summed E-state index contributed by atoms with van der Waals surface area (Å²) in [6.07, 6.45) is -2.84. The molecule has 1 fully saturated rings. The van der Waals surface area contributed by atoms with Gasteiger partial charge < -0.3 is 9.88 Å². The Hall–Kier alpha value is -3.41. The number of anilines is 1. The number of benzene rings is 2. The van der Waals surface area contributed by atoms with Crippen LogP contribution in [0.4, 0.5) is 24.5 Å². The second-order valence-corrected chi connectivity index (χ2v) is 8.45. The third kappa shape index (κ3) is 5.51. The van der Waals surface area contributed by atoms with Crippen molar-refractivity contribution in [2.75, 3.05) is 11.1 Å². The minimum absolute atomic E-state index is 0.203. The van der Waals surface area contributed by atoms with Crippen LogP contribution < -0.4 is 5.32 Å². The number of hydrogen-bond acceptors (Lipinski definition) is 6. The molecule has 0 aliphatic heterocycles. The summed E-state index contributed by atoms with van der Waals surface area (Å²) in [6.45, 7) is 0.518. The van der Waals surface area contributed by atoms with Gasteiger partial charge in [-0.15, -0.1) is 10.2 Å². The lowest BCUT2D eigenvalue weighted by molar-refractivity contribution is -0.385. The number of non-ortho nitro benzene ring substituents is 1. The molecular weight excluding hydrogens is 459 g/mol. The smallest absolute Gasteiger partial charge is 0.325 e. The van der Waals surface area contributed by atoms with Crippen LogP contribution in [0.15, 0.2) is 53.7 Å². The van der Waals surface area contributed by atoms with Crippen molar-refractivity contribution in [2.24, 2.45) is 0 Å². The van der Waals surface area contributed by atoms with Gasteiger partial charge in [-0.2, -0.15) is 13.2 Å². The number of rotatable bonds is 8. The van der Waals surface area contributed by atoms with E-state index in [1.165, 1.54) is 0 Å². The number of carbonyl (C=O) groups excluding carboxylic acids is 1. The Labute approximate surface area is 190 Å². The molecule has 1 heterocycles. The summed E-state index contributed by atoms with van der Waals surface area (Å²) < 4.78 is 41.9. The van der Waals surface area contributed by atoms with Crippen LogP contribution in [0, 0.1) is 10.1 Å². The van der Waals surface area contributed by atoms with Crippen LogP contribution in [0.5, 0.6) is 0 Å². The highest BCUT2D eigenvalue weighted by atomic mass is 32.2. The highest BCUT2D eigenvalue weighted by Crippen LogP contribution is 2.40. The van der Waals surface area contributed by atoms with E-state index in [1.807, 2.05) is 34.9 Å². The van der Waals surface area contributed by atoms with Gasteiger partial charge in [-0.3, -0.25) is 14.9 Å². The molecule has 33 heavy (non-hydrogen) atoms. The molecule has 172 valence electrons. The molecule has 8 nitrogen and oxygen atoms in total. The number of nitrogens with zero attached hydrogens (tertiary/aromatic N) is 4. The number of alkyl halides is 3. The Morgan fingerprint density at radius 2 is 1.91 bits per heavy atom. The minimum atomic E-state index is -4.86. The Kier molecular flexibility index (Phi) is 6.36. The SMILES string of the molecule is O=C(CSc1nnc(C2CC2)n1Cc1ccccc1)Nc1ccc([N+](=O)[O-])cc1C(F)(F)F. The summed E-state index contributed by atoms with van der Waals surface area (Å²) >= 11 is 1.07. The van der Waals surface area contributed by atoms with Crippen molar-refractivity contribution in [3.05, 3.63) is 75.6 Å². The Morgan fingerprint density at radius 1 is 1.18 bits per heavy atom. The summed E-state index contributed by atoms with van der Waals surface area (Å²) in [4.78, 5) is 22.3. The number of carbonyl (C=O) groups is 1. The van der Waals surface area contributed by atoms with Gasteiger partial charge in [0, 0.05) is 18.1 Å². The Bertz CT molecular complexity index is 1180. The molecule has 12 heteroatoms. The first-order valence-corrected chi connectivity index (χ1v) is 11.0. The monoisotopic (exact) mass is 477 g/mol. The number of nitro benzene ring substituents is 1. The molecule has 0 spiro atoms. The predicted molar refractivity (Wildman–Crippen MR) is 115 cm³/mol. The van der Waals surface area contributed by atoms with E-state index >= 15 is 0 Å². The van der Waals surface area contributed by atoms with Gasteiger partial charge in [0.15, 0.2) is 5.16 Å². The number of thioether (sulfide) groups is 1. The second kappa shape index (κ2) is 9.22. The molecule has 0 atom stereocenters. The first-order valence-electron chi connectivity index (χ1n) is 9.97. The van der Waals surface area contributed by atoms with Gasteiger partial charge in [0.2, 0.25) is 5.91 Å².